The highest BCUT2D eigenvalue weighted by atomic mass is 127. The second kappa shape index (κ2) is 13.2. The predicted molar refractivity (Wildman–Crippen MR) is 142 cm³/mol. The molecule has 0 bridgehead atoms. The molecule has 0 saturated carbocycles. The molecule has 1 aliphatic heterocycles. The van der Waals surface area contributed by atoms with E-state index in [1.54, 1.807) is 0 Å². The number of nitrogens with one attached hydrogen (secondary N) is 1. The van der Waals surface area contributed by atoms with Crippen molar-refractivity contribution in [2.24, 2.45) is 4.99 Å². The van der Waals surface area contributed by atoms with E-state index in [0.29, 0.717) is 0 Å². The van der Waals surface area contributed by atoms with E-state index >= 15 is 0 Å². The third-order valence-corrected chi connectivity index (χ3v) is 6.49. The first-order valence-corrected chi connectivity index (χ1v) is 11.8. The molecule has 0 unspecified atom stereocenters. The molecule has 3 rings (SSSR count). The minimum Gasteiger partial charge on any atom is -0.352 e. The van der Waals surface area contributed by atoms with Crippen LogP contribution in [0, 0.1) is 0 Å². The monoisotopic (exact) mass is 557 g/mol. The maximum Gasteiger partial charge on any atom is 0.205 e. The first-order chi connectivity index (χ1) is 14.7. The molecule has 0 atom stereocenters. The molecule has 1 aliphatic rings. The number of aliphatic imine (C=N–C) groups is 1. The normalized spacial score (nSPS) is 14.7. The van der Waals surface area contributed by atoms with Gasteiger partial charge in [-0.1, -0.05) is 45.0 Å². The lowest BCUT2D eigenvalue weighted by atomic mass is 10.1. The fourth-order valence-corrected chi connectivity index (χ4v) is 4.51. The highest BCUT2D eigenvalue weighted by Gasteiger charge is 2.22. The van der Waals surface area contributed by atoms with Crippen molar-refractivity contribution in [3.8, 4) is 0 Å². The Morgan fingerprint density at radius 3 is 2.35 bits per heavy atom. The molecule has 1 aromatic carbocycles. The topological polar surface area (TPSA) is 59.9 Å². The van der Waals surface area contributed by atoms with Crippen LogP contribution in [0.3, 0.4) is 0 Å². The number of aromatic nitrogens is 2. The number of anilines is 1. The van der Waals surface area contributed by atoms with E-state index in [4.69, 9.17) is 0 Å². The van der Waals surface area contributed by atoms with E-state index in [2.05, 4.69) is 79.4 Å². The molecule has 1 fully saturated rings. The highest BCUT2D eigenvalue weighted by molar-refractivity contribution is 14.0. The smallest absolute Gasteiger partial charge is 0.205 e. The average Bonchev–Trinajstić information content (AvgIpc) is 3.28. The van der Waals surface area contributed by atoms with Crippen LogP contribution in [-0.4, -0.2) is 71.4 Å². The van der Waals surface area contributed by atoms with Gasteiger partial charge in [0.1, 0.15) is 5.82 Å². The molecule has 0 aliphatic carbocycles. The lowest BCUT2D eigenvalue weighted by Crippen LogP contribution is -2.52. The van der Waals surface area contributed by atoms with Gasteiger partial charge in [0.05, 0.1) is 0 Å². The molecule has 1 aromatic heterocycles. The fourth-order valence-electron chi connectivity index (χ4n) is 3.71. The maximum absolute atomic E-state index is 4.63. The summed E-state index contributed by atoms with van der Waals surface area (Å²) in [6.45, 7) is 14.2. The van der Waals surface area contributed by atoms with Crippen LogP contribution in [-0.2, 0) is 19.5 Å². The summed E-state index contributed by atoms with van der Waals surface area (Å²) in [5, 5.41) is 4.63. The van der Waals surface area contributed by atoms with Crippen LogP contribution in [0.1, 0.15) is 37.7 Å². The van der Waals surface area contributed by atoms with Crippen LogP contribution in [0.4, 0.5) is 5.13 Å². The Morgan fingerprint density at radius 2 is 1.77 bits per heavy atom. The van der Waals surface area contributed by atoms with Crippen LogP contribution >= 0.6 is 35.5 Å². The number of halogens is 1. The number of hydrogen-bond acceptors (Lipinski definition) is 6. The summed E-state index contributed by atoms with van der Waals surface area (Å²) in [6, 6.07) is 8.71. The van der Waals surface area contributed by atoms with Crippen LogP contribution in [0.5, 0.6) is 0 Å². The number of nitrogens with zero attached hydrogens (tertiary/aromatic N) is 6. The van der Waals surface area contributed by atoms with Gasteiger partial charge in [0, 0.05) is 64.3 Å². The largest absolute Gasteiger partial charge is 0.352 e. The summed E-state index contributed by atoms with van der Waals surface area (Å²) in [5.74, 6) is 1.91. The number of hydrogen-bond donors (Lipinski definition) is 1. The van der Waals surface area contributed by atoms with Crippen molar-refractivity contribution in [2.45, 2.75) is 40.3 Å². The summed E-state index contributed by atoms with van der Waals surface area (Å²) in [4.78, 5) is 16.3. The average molecular weight is 558 g/mol. The van der Waals surface area contributed by atoms with Gasteiger partial charge in [0.25, 0.3) is 0 Å². The minimum atomic E-state index is 0. The van der Waals surface area contributed by atoms with Crippen molar-refractivity contribution >= 4 is 46.6 Å². The maximum atomic E-state index is 4.63. The van der Waals surface area contributed by atoms with Crippen LogP contribution < -0.4 is 10.2 Å². The summed E-state index contributed by atoms with van der Waals surface area (Å²) < 4.78 is 4.42. The zero-order valence-corrected chi connectivity index (χ0v) is 22.3. The molecule has 0 amide bonds. The van der Waals surface area contributed by atoms with Crippen molar-refractivity contribution in [3.05, 3.63) is 41.2 Å². The van der Waals surface area contributed by atoms with Gasteiger partial charge in [-0.15, -0.1) is 24.0 Å². The summed E-state index contributed by atoms with van der Waals surface area (Å²) in [7, 11) is 1.87. The number of benzene rings is 1. The second-order valence-corrected chi connectivity index (χ2v) is 8.18. The second-order valence-electron chi connectivity index (χ2n) is 7.45. The standard InChI is InChI=1S/C22H35N7S.HI/c1-5-20-25-22(30-26-20)29-14-12-28(13-15-29)21(23-4)24-16-18-10-8-9-11-19(18)17-27(6-2)7-3;/h8-11H,5-7,12-17H2,1-4H3,(H,23,24);1H. The number of aryl methyl sites for hydroxylation is 1. The van der Waals surface area contributed by atoms with E-state index in [1.807, 2.05) is 7.05 Å². The molecule has 7 nitrogen and oxygen atoms in total. The number of piperazine rings is 1. The van der Waals surface area contributed by atoms with Gasteiger partial charge in [-0.2, -0.15) is 4.37 Å². The Bertz CT molecular complexity index is 814. The van der Waals surface area contributed by atoms with Gasteiger partial charge in [0.15, 0.2) is 5.96 Å². The van der Waals surface area contributed by atoms with Crippen molar-refractivity contribution < 1.29 is 0 Å². The van der Waals surface area contributed by atoms with Crippen molar-refractivity contribution in [3.63, 3.8) is 0 Å². The Morgan fingerprint density at radius 1 is 1.10 bits per heavy atom. The zero-order valence-electron chi connectivity index (χ0n) is 19.2. The van der Waals surface area contributed by atoms with Gasteiger partial charge in [-0.25, -0.2) is 4.98 Å². The summed E-state index contributed by atoms with van der Waals surface area (Å²) in [5.41, 5.74) is 2.72. The van der Waals surface area contributed by atoms with E-state index in [-0.39, 0.29) is 24.0 Å². The van der Waals surface area contributed by atoms with Gasteiger partial charge in [0.2, 0.25) is 5.13 Å². The first-order valence-electron chi connectivity index (χ1n) is 11.0. The Kier molecular flexibility index (Phi) is 11.0. The van der Waals surface area contributed by atoms with Crippen molar-refractivity contribution in [2.75, 3.05) is 51.2 Å². The van der Waals surface area contributed by atoms with Crippen molar-refractivity contribution in [1.29, 1.82) is 0 Å². The predicted octanol–water partition coefficient (Wildman–Crippen LogP) is 3.46. The first kappa shape index (κ1) is 25.8. The van der Waals surface area contributed by atoms with Gasteiger partial charge in [-0.05, 0) is 24.2 Å². The zero-order chi connectivity index (χ0) is 21.3. The number of guanidine groups is 1. The Balaban J connectivity index is 0.00000341. The van der Waals surface area contributed by atoms with E-state index in [9.17, 15) is 0 Å². The molecule has 1 N–H and O–H groups in total. The van der Waals surface area contributed by atoms with E-state index in [1.165, 1.54) is 22.7 Å². The van der Waals surface area contributed by atoms with Crippen LogP contribution in [0.25, 0.3) is 0 Å². The molecular formula is C22H36IN7S. The molecule has 1 saturated heterocycles. The van der Waals surface area contributed by atoms with Crippen LogP contribution in [0.2, 0.25) is 0 Å². The SMILES string of the molecule is CCc1nsc(N2CCN(C(=NC)NCc3ccccc3CN(CC)CC)CC2)n1.I. The molecule has 9 heteroatoms. The number of rotatable bonds is 8. The molecular weight excluding hydrogens is 521 g/mol. The van der Waals surface area contributed by atoms with Gasteiger partial charge in [-0.3, -0.25) is 9.89 Å². The van der Waals surface area contributed by atoms with E-state index in [0.717, 1.165) is 75.7 Å². The molecule has 2 aromatic rings. The summed E-state index contributed by atoms with van der Waals surface area (Å²) >= 11 is 1.51. The van der Waals surface area contributed by atoms with Gasteiger partial charge >= 0.3 is 0 Å². The lowest BCUT2D eigenvalue weighted by molar-refractivity contribution is 0.295. The minimum absolute atomic E-state index is 0. The third-order valence-electron chi connectivity index (χ3n) is 5.68. The lowest BCUT2D eigenvalue weighted by Gasteiger charge is -2.36. The molecule has 0 radical (unpaired) electrons. The Labute approximate surface area is 208 Å². The highest BCUT2D eigenvalue weighted by Crippen LogP contribution is 2.19. The fraction of sp³-hybridized carbons (Fsp3) is 0.591. The molecule has 172 valence electrons. The summed E-state index contributed by atoms with van der Waals surface area (Å²) in [6.07, 6.45) is 0.892. The van der Waals surface area contributed by atoms with Crippen molar-refractivity contribution in [1.82, 2.24) is 24.5 Å². The molecule has 0 spiro atoms. The van der Waals surface area contributed by atoms with Crippen LogP contribution in [0.15, 0.2) is 29.3 Å². The molecule has 2 heterocycles. The van der Waals surface area contributed by atoms with Gasteiger partial charge < -0.3 is 15.1 Å². The molecule has 31 heavy (non-hydrogen) atoms. The Hall–Kier alpha value is -1.46. The third kappa shape index (κ3) is 7.01. The van der Waals surface area contributed by atoms with E-state index < -0.39 is 0 Å². The quantitative estimate of drug-likeness (QED) is 0.305.